The second kappa shape index (κ2) is 10.6. The minimum atomic E-state index is -0.414. The molecule has 6 nitrogen and oxygen atoms in total. The van der Waals surface area contributed by atoms with Crippen LogP contribution in [0.15, 0.2) is 84.0 Å². The minimum Gasteiger partial charge on any atom is -0.489 e. The topological polar surface area (TPSA) is 79.8 Å². The summed E-state index contributed by atoms with van der Waals surface area (Å²) in [6.07, 6.45) is 1.52. The number of nitrogens with zero attached hydrogens (tertiary/aromatic N) is 1. The highest BCUT2D eigenvalue weighted by molar-refractivity contribution is 5.96. The number of carbonyl (C=O) groups is 2. The number of hydrogen-bond acceptors (Lipinski definition) is 4. The van der Waals surface area contributed by atoms with Crippen molar-refractivity contribution in [1.82, 2.24) is 10.7 Å². The van der Waals surface area contributed by atoms with Crippen LogP contribution in [0.5, 0.6) is 5.75 Å². The van der Waals surface area contributed by atoms with Gasteiger partial charge in [0.1, 0.15) is 12.4 Å². The van der Waals surface area contributed by atoms with Gasteiger partial charge in [0.2, 0.25) is 0 Å². The van der Waals surface area contributed by atoms with Gasteiger partial charge in [0, 0.05) is 5.56 Å². The van der Waals surface area contributed by atoms with Crippen LogP contribution in [-0.4, -0.2) is 24.6 Å². The van der Waals surface area contributed by atoms with E-state index in [1.54, 1.807) is 12.1 Å². The summed E-state index contributed by atoms with van der Waals surface area (Å²) < 4.78 is 5.78. The quantitative estimate of drug-likeness (QED) is 0.448. The van der Waals surface area contributed by atoms with Gasteiger partial charge in [-0.25, -0.2) is 5.43 Å². The van der Waals surface area contributed by atoms with E-state index in [1.165, 1.54) is 6.21 Å². The van der Waals surface area contributed by atoms with E-state index in [2.05, 4.69) is 15.8 Å². The molecule has 0 radical (unpaired) electrons. The van der Waals surface area contributed by atoms with Gasteiger partial charge in [0.05, 0.1) is 12.8 Å². The van der Waals surface area contributed by atoms with Crippen molar-refractivity contribution < 1.29 is 14.3 Å². The molecule has 0 unspecified atom stereocenters. The summed E-state index contributed by atoms with van der Waals surface area (Å²) in [6, 6.07) is 24.4. The lowest BCUT2D eigenvalue weighted by atomic mass is 10.1. The highest BCUT2D eigenvalue weighted by Gasteiger charge is 2.07. The van der Waals surface area contributed by atoms with Crippen LogP contribution in [0.3, 0.4) is 0 Å². The molecule has 3 aromatic carbocycles. The molecule has 0 saturated carbocycles. The molecule has 0 bridgehead atoms. The number of hydrogen-bond donors (Lipinski definition) is 2. The Bertz CT molecular complexity index is 1020. The van der Waals surface area contributed by atoms with Crippen LogP contribution in [0.2, 0.25) is 0 Å². The van der Waals surface area contributed by atoms with Crippen LogP contribution in [0.4, 0.5) is 0 Å². The van der Waals surface area contributed by atoms with Crippen molar-refractivity contribution in [2.24, 2.45) is 5.10 Å². The lowest BCUT2D eigenvalue weighted by Crippen LogP contribution is -2.34. The zero-order valence-corrected chi connectivity index (χ0v) is 16.7. The van der Waals surface area contributed by atoms with Crippen molar-refractivity contribution >= 4 is 18.0 Å². The van der Waals surface area contributed by atoms with Crippen LogP contribution < -0.4 is 15.5 Å². The predicted molar refractivity (Wildman–Crippen MR) is 116 cm³/mol. The Morgan fingerprint density at radius 3 is 2.50 bits per heavy atom. The van der Waals surface area contributed by atoms with E-state index >= 15 is 0 Å². The SMILES string of the molecule is Cc1ccc(C(=O)NCC(=O)NN=Cc2cccc(OCc3ccccc3)c2)cc1. The van der Waals surface area contributed by atoms with E-state index in [0.29, 0.717) is 17.9 Å². The third-order valence-electron chi connectivity index (χ3n) is 4.23. The highest BCUT2D eigenvalue weighted by atomic mass is 16.5. The number of benzene rings is 3. The molecule has 3 rings (SSSR count). The summed E-state index contributed by atoms with van der Waals surface area (Å²) in [6.45, 7) is 2.25. The molecule has 0 atom stereocenters. The number of nitrogens with one attached hydrogen (secondary N) is 2. The Morgan fingerprint density at radius 1 is 0.967 bits per heavy atom. The molecule has 30 heavy (non-hydrogen) atoms. The lowest BCUT2D eigenvalue weighted by Gasteiger charge is -2.07. The first-order valence-electron chi connectivity index (χ1n) is 9.54. The first-order valence-corrected chi connectivity index (χ1v) is 9.54. The maximum atomic E-state index is 12.0. The van der Waals surface area contributed by atoms with Gasteiger partial charge in [-0.2, -0.15) is 5.10 Å². The van der Waals surface area contributed by atoms with Crippen LogP contribution in [0, 0.1) is 6.92 Å². The molecule has 3 aromatic rings. The Kier molecular flexibility index (Phi) is 7.33. The maximum absolute atomic E-state index is 12.0. The summed E-state index contributed by atoms with van der Waals surface area (Å²) >= 11 is 0. The molecule has 0 aliphatic heterocycles. The second-order valence-electron chi connectivity index (χ2n) is 6.69. The number of rotatable bonds is 8. The van der Waals surface area contributed by atoms with E-state index < -0.39 is 5.91 Å². The molecule has 0 aliphatic rings. The van der Waals surface area contributed by atoms with Crippen LogP contribution in [-0.2, 0) is 11.4 Å². The van der Waals surface area contributed by atoms with Crippen molar-refractivity contribution in [3.63, 3.8) is 0 Å². The van der Waals surface area contributed by atoms with Gasteiger partial charge in [-0.3, -0.25) is 9.59 Å². The Labute approximate surface area is 175 Å². The van der Waals surface area contributed by atoms with E-state index in [-0.39, 0.29) is 12.5 Å². The molecule has 2 N–H and O–H groups in total. The summed E-state index contributed by atoms with van der Waals surface area (Å²) in [5.41, 5.74) is 5.83. The first kappa shape index (κ1) is 20.8. The molecule has 0 saturated heterocycles. The number of hydrazone groups is 1. The van der Waals surface area contributed by atoms with E-state index in [9.17, 15) is 9.59 Å². The van der Waals surface area contributed by atoms with Gasteiger partial charge >= 0.3 is 0 Å². The third kappa shape index (κ3) is 6.60. The van der Waals surface area contributed by atoms with E-state index in [1.807, 2.05) is 73.7 Å². The van der Waals surface area contributed by atoms with Gasteiger partial charge in [-0.1, -0.05) is 60.2 Å². The molecule has 0 aliphatic carbocycles. The van der Waals surface area contributed by atoms with E-state index in [4.69, 9.17) is 4.74 Å². The number of ether oxygens (including phenoxy) is 1. The monoisotopic (exact) mass is 401 g/mol. The van der Waals surface area contributed by atoms with E-state index in [0.717, 1.165) is 16.7 Å². The zero-order chi connectivity index (χ0) is 21.2. The average molecular weight is 401 g/mol. The predicted octanol–water partition coefficient (Wildman–Crippen LogP) is 3.45. The Hall–Kier alpha value is -3.93. The summed E-state index contributed by atoms with van der Waals surface area (Å²) in [4.78, 5) is 23.9. The molecule has 6 heteroatoms. The fourth-order valence-electron chi connectivity index (χ4n) is 2.61. The first-order chi connectivity index (χ1) is 14.6. The molecular formula is C24H23N3O3. The molecule has 0 heterocycles. The normalized spacial score (nSPS) is 10.6. The van der Waals surface area contributed by atoms with Crippen molar-refractivity contribution in [3.05, 3.63) is 101 Å². The molecular weight excluding hydrogens is 378 g/mol. The molecule has 2 amide bonds. The largest absolute Gasteiger partial charge is 0.489 e. The maximum Gasteiger partial charge on any atom is 0.259 e. The van der Waals surface area contributed by atoms with Crippen molar-refractivity contribution in [3.8, 4) is 5.75 Å². The minimum absolute atomic E-state index is 0.162. The van der Waals surface area contributed by atoms with Crippen molar-refractivity contribution in [1.29, 1.82) is 0 Å². The molecule has 0 aromatic heterocycles. The molecule has 152 valence electrons. The summed E-state index contributed by atoms with van der Waals surface area (Å²) in [5.74, 6) is -0.0138. The number of aryl methyl sites for hydroxylation is 1. The lowest BCUT2D eigenvalue weighted by molar-refractivity contribution is -0.120. The van der Waals surface area contributed by atoms with Gasteiger partial charge in [-0.05, 0) is 42.3 Å². The number of carbonyl (C=O) groups excluding carboxylic acids is 2. The smallest absolute Gasteiger partial charge is 0.259 e. The summed E-state index contributed by atoms with van der Waals surface area (Å²) in [7, 11) is 0. The van der Waals surface area contributed by atoms with Crippen LogP contribution in [0.1, 0.15) is 27.0 Å². The van der Waals surface area contributed by atoms with Gasteiger partial charge in [0.25, 0.3) is 11.8 Å². The average Bonchev–Trinajstić information content (AvgIpc) is 2.77. The van der Waals surface area contributed by atoms with Gasteiger partial charge < -0.3 is 10.1 Å². The number of amides is 2. The zero-order valence-electron chi connectivity index (χ0n) is 16.7. The van der Waals surface area contributed by atoms with Gasteiger partial charge in [0.15, 0.2) is 0 Å². The highest BCUT2D eigenvalue weighted by Crippen LogP contribution is 2.14. The molecule has 0 spiro atoms. The molecule has 0 fully saturated rings. The fourth-order valence-corrected chi connectivity index (χ4v) is 2.61. The van der Waals surface area contributed by atoms with Crippen LogP contribution in [0.25, 0.3) is 0 Å². The van der Waals surface area contributed by atoms with Crippen molar-refractivity contribution in [2.75, 3.05) is 6.54 Å². The fraction of sp³-hybridized carbons (Fsp3) is 0.125. The standard InChI is InChI=1S/C24H23N3O3/c1-18-10-12-21(13-11-18)24(29)25-16-23(28)27-26-15-20-8-5-9-22(14-20)30-17-19-6-3-2-4-7-19/h2-15H,16-17H2,1H3,(H,25,29)(H,27,28). The summed E-state index contributed by atoms with van der Waals surface area (Å²) in [5, 5.41) is 6.50. The van der Waals surface area contributed by atoms with Crippen molar-refractivity contribution in [2.45, 2.75) is 13.5 Å². The van der Waals surface area contributed by atoms with Gasteiger partial charge in [-0.15, -0.1) is 0 Å². The second-order valence-corrected chi connectivity index (χ2v) is 6.69. The third-order valence-corrected chi connectivity index (χ3v) is 4.23. The van der Waals surface area contributed by atoms with Crippen LogP contribution >= 0.6 is 0 Å². The Balaban J connectivity index is 1.44. The Morgan fingerprint density at radius 2 is 1.73 bits per heavy atom.